The predicted octanol–water partition coefficient (Wildman–Crippen LogP) is 0.630. The number of pyridine rings is 1. The Hall–Kier alpha value is -1.42. The molecule has 4 heteroatoms. The molecule has 0 aromatic carbocycles. The number of aromatic nitrogens is 1. The van der Waals surface area contributed by atoms with E-state index in [9.17, 15) is 4.79 Å². The third kappa shape index (κ3) is 3.66. The highest BCUT2D eigenvalue weighted by molar-refractivity contribution is 5.91. The predicted molar refractivity (Wildman–Crippen MR) is 51.4 cm³/mol. The first-order chi connectivity index (χ1) is 6.33. The third-order valence-electron chi connectivity index (χ3n) is 1.48. The van der Waals surface area contributed by atoms with Crippen LogP contribution in [-0.2, 0) is 4.79 Å². The molecule has 0 unspecified atom stereocenters. The highest BCUT2D eigenvalue weighted by Crippen LogP contribution is 2.01. The van der Waals surface area contributed by atoms with Gasteiger partial charge >= 0.3 is 0 Å². The fourth-order valence-corrected chi connectivity index (χ4v) is 0.880. The first-order valence-electron chi connectivity index (χ1n) is 4.23. The number of carbonyl (C=O) groups is 1. The maximum absolute atomic E-state index is 11.2. The van der Waals surface area contributed by atoms with Crippen LogP contribution >= 0.6 is 0 Å². The fourth-order valence-electron chi connectivity index (χ4n) is 0.880. The number of rotatable bonds is 4. The zero-order valence-electron chi connectivity index (χ0n) is 7.58. The summed E-state index contributed by atoms with van der Waals surface area (Å²) >= 11 is 0. The van der Waals surface area contributed by atoms with Crippen LogP contribution in [0.4, 0.5) is 5.69 Å². The third-order valence-corrected chi connectivity index (χ3v) is 1.48. The minimum atomic E-state index is -0.0464. The van der Waals surface area contributed by atoms with Crippen LogP contribution in [-0.4, -0.2) is 24.0 Å². The molecule has 1 aromatic rings. The molecule has 0 saturated carbocycles. The molecule has 0 aliphatic rings. The van der Waals surface area contributed by atoms with Crippen LogP contribution in [0.5, 0.6) is 0 Å². The van der Waals surface area contributed by atoms with Crippen LogP contribution in [0, 0.1) is 0 Å². The van der Waals surface area contributed by atoms with Gasteiger partial charge in [-0.1, -0.05) is 6.92 Å². The Bertz CT molecular complexity index is 261. The molecule has 1 amide bonds. The number of nitrogens with one attached hydrogen (secondary N) is 2. The topological polar surface area (TPSA) is 54.0 Å². The number of hydrogen-bond acceptors (Lipinski definition) is 3. The summed E-state index contributed by atoms with van der Waals surface area (Å²) in [7, 11) is 0. The van der Waals surface area contributed by atoms with Crippen LogP contribution in [0.3, 0.4) is 0 Å². The van der Waals surface area contributed by atoms with Gasteiger partial charge in [0.15, 0.2) is 0 Å². The molecule has 0 radical (unpaired) electrons. The second kappa shape index (κ2) is 5.27. The van der Waals surface area contributed by atoms with Crippen LogP contribution in [0.25, 0.3) is 0 Å². The van der Waals surface area contributed by atoms with Gasteiger partial charge in [0.2, 0.25) is 5.91 Å². The lowest BCUT2D eigenvalue weighted by molar-refractivity contribution is -0.115. The fraction of sp³-hybridized carbons (Fsp3) is 0.333. The van der Waals surface area contributed by atoms with Gasteiger partial charge in [0.25, 0.3) is 0 Å². The summed E-state index contributed by atoms with van der Waals surface area (Å²) in [6, 6.07) is 3.58. The van der Waals surface area contributed by atoms with Gasteiger partial charge in [-0.3, -0.25) is 9.78 Å². The van der Waals surface area contributed by atoms with E-state index in [1.165, 1.54) is 0 Å². The van der Waals surface area contributed by atoms with Gasteiger partial charge in [-0.25, -0.2) is 0 Å². The molecule has 0 fully saturated rings. The van der Waals surface area contributed by atoms with E-state index in [4.69, 9.17) is 0 Å². The van der Waals surface area contributed by atoms with Gasteiger partial charge in [-0.15, -0.1) is 0 Å². The summed E-state index contributed by atoms with van der Waals surface area (Å²) in [6.45, 7) is 3.09. The van der Waals surface area contributed by atoms with Crippen molar-refractivity contribution >= 4 is 11.6 Å². The molecule has 1 heterocycles. The van der Waals surface area contributed by atoms with Crippen molar-refractivity contribution < 1.29 is 4.79 Å². The van der Waals surface area contributed by atoms with Gasteiger partial charge in [-0.2, -0.15) is 0 Å². The van der Waals surface area contributed by atoms with Gasteiger partial charge in [-0.05, 0) is 18.7 Å². The first-order valence-corrected chi connectivity index (χ1v) is 4.23. The molecule has 0 aliphatic heterocycles. The van der Waals surface area contributed by atoms with E-state index in [1.807, 2.05) is 6.92 Å². The van der Waals surface area contributed by atoms with Crippen molar-refractivity contribution in [1.29, 1.82) is 0 Å². The SMILES string of the molecule is CCNCC(=O)Nc1cccnc1. The van der Waals surface area contributed by atoms with Crippen LogP contribution in [0.1, 0.15) is 6.92 Å². The summed E-state index contributed by atoms with van der Waals surface area (Å²) in [6.07, 6.45) is 3.28. The van der Waals surface area contributed by atoms with E-state index in [1.54, 1.807) is 24.5 Å². The van der Waals surface area contributed by atoms with E-state index in [-0.39, 0.29) is 5.91 Å². The van der Waals surface area contributed by atoms with Crippen molar-refractivity contribution in [2.75, 3.05) is 18.4 Å². The van der Waals surface area contributed by atoms with E-state index >= 15 is 0 Å². The number of likely N-dealkylation sites (N-methyl/N-ethyl adjacent to an activating group) is 1. The molecule has 13 heavy (non-hydrogen) atoms. The molecular weight excluding hydrogens is 166 g/mol. The highest BCUT2D eigenvalue weighted by Gasteiger charge is 1.99. The smallest absolute Gasteiger partial charge is 0.238 e. The molecule has 0 spiro atoms. The Balaban J connectivity index is 2.37. The quantitative estimate of drug-likeness (QED) is 0.712. The molecule has 70 valence electrons. The van der Waals surface area contributed by atoms with Gasteiger partial charge in [0.05, 0.1) is 18.4 Å². The maximum atomic E-state index is 11.2. The van der Waals surface area contributed by atoms with Crippen molar-refractivity contribution in [3.05, 3.63) is 24.5 Å². The molecule has 1 rings (SSSR count). The standard InChI is InChI=1S/C9H13N3O/c1-2-10-7-9(13)12-8-4-3-5-11-6-8/h3-6,10H,2,7H2,1H3,(H,12,13). The van der Waals surface area contributed by atoms with Crippen LogP contribution in [0.15, 0.2) is 24.5 Å². The second-order valence-corrected chi connectivity index (χ2v) is 2.57. The normalized spacial score (nSPS) is 9.62. The Morgan fingerprint density at radius 2 is 2.46 bits per heavy atom. The van der Waals surface area contributed by atoms with Gasteiger partial charge in [0.1, 0.15) is 0 Å². The molecule has 2 N–H and O–H groups in total. The molecular formula is C9H13N3O. The van der Waals surface area contributed by atoms with Gasteiger partial charge in [0, 0.05) is 6.20 Å². The van der Waals surface area contributed by atoms with Gasteiger partial charge < -0.3 is 10.6 Å². The Morgan fingerprint density at radius 1 is 1.62 bits per heavy atom. The number of amides is 1. The molecule has 0 atom stereocenters. The Labute approximate surface area is 77.4 Å². The Kier molecular flexibility index (Phi) is 3.92. The lowest BCUT2D eigenvalue weighted by Gasteiger charge is -2.03. The van der Waals surface area contributed by atoms with E-state index in [0.717, 1.165) is 12.2 Å². The van der Waals surface area contributed by atoms with Crippen LogP contribution in [0.2, 0.25) is 0 Å². The van der Waals surface area contributed by atoms with E-state index in [2.05, 4.69) is 15.6 Å². The summed E-state index contributed by atoms with van der Waals surface area (Å²) in [5.41, 5.74) is 0.727. The second-order valence-electron chi connectivity index (χ2n) is 2.57. The number of anilines is 1. The van der Waals surface area contributed by atoms with Crippen molar-refractivity contribution in [3.63, 3.8) is 0 Å². The van der Waals surface area contributed by atoms with Crippen molar-refractivity contribution in [2.24, 2.45) is 0 Å². The highest BCUT2D eigenvalue weighted by atomic mass is 16.1. The zero-order valence-corrected chi connectivity index (χ0v) is 7.58. The monoisotopic (exact) mass is 179 g/mol. The average molecular weight is 179 g/mol. The summed E-state index contributed by atoms with van der Waals surface area (Å²) < 4.78 is 0. The van der Waals surface area contributed by atoms with Crippen molar-refractivity contribution in [1.82, 2.24) is 10.3 Å². The number of hydrogen-bond donors (Lipinski definition) is 2. The minimum absolute atomic E-state index is 0.0464. The molecule has 4 nitrogen and oxygen atoms in total. The molecule has 0 saturated heterocycles. The number of carbonyl (C=O) groups excluding carboxylic acids is 1. The Morgan fingerprint density at radius 3 is 3.08 bits per heavy atom. The van der Waals surface area contributed by atoms with Crippen molar-refractivity contribution in [3.8, 4) is 0 Å². The summed E-state index contributed by atoms with van der Waals surface area (Å²) in [5.74, 6) is -0.0464. The molecule has 0 bridgehead atoms. The van der Waals surface area contributed by atoms with Crippen LogP contribution < -0.4 is 10.6 Å². The minimum Gasteiger partial charge on any atom is -0.324 e. The lowest BCUT2D eigenvalue weighted by Crippen LogP contribution is -2.27. The summed E-state index contributed by atoms with van der Waals surface area (Å²) in [5, 5.41) is 5.65. The lowest BCUT2D eigenvalue weighted by atomic mass is 10.4. The van der Waals surface area contributed by atoms with E-state index in [0.29, 0.717) is 6.54 Å². The molecule has 0 aliphatic carbocycles. The first kappa shape index (κ1) is 9.67. The van der Waals surface area contributed by atoms with E-state index < -0.39 is 0 Å². The largest absolute Gasteiger partial charge is 0.324 e. The van der Waals surface area contributed by atoms with Crippen molar-refractivity contribution in [2.45, 2.75) is 6.92 Å². The number of nitrogens with zero attached hydrogens (tertiary/aromatic N) is 1. The maximum Gasteiger partial charge on any atom is 0.238 e. The molecule has 1 aromatic heterocycles. The average Bonchev–Trinajstić information content (AvgIpc) is 2.16. The zero-order chi connectivity index (χ0) is 9.52. The summed E-state index contributed by atoms with van der Waals surface area (Å²) in [4.78, 5) is 15.1.